The van der Waals surface area contributed by atoms with Gasteiger partial charge in [0.15, 0.2) is 0 Å². The first-order chi connectivity index (χ1) is 27.5. The Morgan fingerprint density at radius 1 is 0.357 bits per heavy atom. The van der Waals surface area contributed by atoms with Gasteiger partial charge in [-0.3, -0.25) is 0 Å². The molecule has 0 radical (unpaired) electrons. The van der Waals surface area contributed by atoms with Gasteiger partial charge in [0.1, 0.15) is 11.5 Å². The Morgan fingerprint density at radius 2 is 0.839 bits per heavy atom. The van der Waals surface area contributed by atoms with Gasteiger partial charge >= 0.3 is 0 Å². The zero-order valence-electron chi connectivity index (χ0n) is 31.3. The maximum Gasteiger partial charge on any atom is 0.140 e. The molecule has 264 valence electrons. The number of para-hydroxylation sites is 1. The van der Waals surface area contributed by atoms with E-state index in [9.17, 15) is 0 Å². The molecule has 1 aliphatic heterocycles. The third-order valence-corrected chi connectivity index (χ3v) is 12.9. The van der Waals surface area contributed by atoms with E-state index in [0.717, 1.165) is 39.3 Å². The zero-order valence-corrected chi connectivity index (χ0v) is 31.3. The molecule has 9 aromatic rings. The van der Waals surface area contributed by atoms with Crippen molar-refractivity contribution in [3.63, 3.8) is 0 Å². The number of hydrogen-bond acceptors (Lipinski definition) is 2. The molecule has 0 bridgehead atoms. The van der Waals surface area contributed by atoms with E-state index in [-0.39, 0.29) is 5.41 Å². The Bertz CT molecular complexity index is 3020. The van der Waals surface area contributed by atoms with Crippen molar-refractivity contribution < 1.29 is 4.74 Å². The summed E-state index contributed by atoms with van der Waals surface area (Å²) in [5.41, 5.74) is 15.4. The first kappa shape index (κ1) is 31.5. The lowest BCUT2D eigenvalue weighted by atomic mass is 9.65. The fraction of sp³-hybridized carbons (Fsp3) is 0.0741. The van der Waals surface area contributed by atoms with E-state index in [4.69, 9.17) is 4.74 Å². The normalized spacial score (nSPS) is 14.7. The molecule has 0 aromatic heterocycles. The molecule has 2 heteroatoms. The monoisotopic (exact) mass is 715 g/mol. The largest absolute Gasteiger partial charge is 0.455 e. The highest BCUT2D eigenvalue weighted by atomic mass is 16.5. The van der Waals surface area contributed by atoms with Crippen molar-refractivity contribution in [1.29, 1.82) is 0 Å². The molecule has 2 nitrogen and oxygen atoms in total. The summed E-state index contributed by atoms with van der Waals surface area (Å²) in [6.07, 6.45) is 0. The predicted molar refractivity (Wildman–Crippen MR) is 231 cm³/mol. The van der Waals surface area contributed by atoms with Gasteiger partial charge < -0.3 is 9.64 Å². The summed E-state index contributed by atoms with van der Waals surface area (Å²) in [4.78, 5) is 2.44. The first-order valence-corrected chi connectivity index (χ1v) is 19.6. The van der Waals surface area contributed by atoms with Gasteiger partial charge in [0.05, 0.1) is 5.41 Å². The lowest BCUT2D eigenvalue weighted by molar-refractivity contribution is 0.447. The smallest absolute Gasteiger partial charge is 0.140 e. The van der Waals surface area contributed by atoms with Crippen LogP contribution in [0.1, 0.15) is 47.2 Å². The van der Waals surface area contributed by atoms with E-state index < -0.39 is 5.41 Å². The molecule has 0 saturated heterocycles. The average molecular weight is 716 g/mol. The van der Waals surface area contributed by atoms with Gasteiger partial charge in [0.25, 0.3) is 0 Å². The number of ether oxygens (including phenoxy) is 1. The van der Waals surface area contributed by atoms with Crippen molar-refractivity contribution in [2.45, 2.75) is 24.7 Å². The summed E-state index contributed by atoms with van der Waals surface area (Å²) < 4.78 is 7.22. The second-order valence-electron chi connectivity index (χ2n) is 16.0. The molecule has 3 aliphatic rings. The summed E-state index contributed by atoms with van der Waals surface area (Å²) >= 11 is 0. The Hall–Kier alpha value is -6.90. The average Bonchev–Trinajstić information content (AvgIpc) is 3.66. The van der Waals surface area contributed by atoms with Crippen LogP contribution < -0.4 is 9.64 Å². The molecule has 0 unspecified atom stereocenters. The summed E-state index contributed by atoms with van der Waals surface area (Å²) in [5, 5.41) is 4.58. The summed E-state index contributed by atoms with van der Waals surface area (Å²) in [6.45, 7) is 4.72. The highest BCUT2D eigenvalue weighted by molar-refractivity contribution is 6.00. The number of fused-ring (bicyclic) bond motifs is 16. The fourth-order valence-corrected chi connectivity index (χ4v) is 10.4. The zero-order chi connectivity index (χ0) is 37.2. The Kier molecular flexibility index (Phi) is 6.36. The van der Waals surface area contributed by atoms with Gasteiger partial charge in [-0.25, -0.2) is 0 Å². The molecule has 56 heavy (non-hydrogen) atoms. The molecular weight excluding hydrogens is 679 g/mol. The highest BCUT2D eigenvalue weighted by Crippen LogP contribution is 2.64. The number of hydrogen-bond donors (Lipinski definition) is 0. The van der Waals surface area contributed by atoms with E-state index in [1.54, 1.807) is 0 Å². The van der Waals surface area contributed by atoms with Crippen molar-refractivity contribution in [3.8, 4) is 33.8 Å². The highest BCUT2D eigenvalue weighted by Gasteiger charge is 2.52. The van der Waals surface area contributed by atoms with E-state index in [0.29, 0.717) is 0 Å². The molecule has 1 heterocycles. The van der Waals surface area contributed by atoms with Crippen molar-refractivity contribution in [2.24, 2.45) is 0 Å². The summed E-state index contributed by atoms with van der Waals surface area (Å²) in [6, 6.07) is 69.4. The third-order valence-electron chi connectivity index (χ3n) is 12.9. The minimum absolute atomic E-state index is 0.116. The molecule has 2 aliphatic carbocycles. The van der Waals surface area contributed by atoms with E-state index in [1.807, 2.05) is 0 Å². The van der Waals surface area contributed by atoms with Crippen molar-refractivity contribution >= 4 is 38.6 Å². The first-order valence-electron chi connectivity index (χ1n) is 19.6. The Morgan fingerprint density at radius 3 is 1.48 bits per heavy atom. The van der Waals surface area contributed by atoms with Crippen LogP contribution in [-0.2, 0) is 10.8 Å². The standard InChI is InChI=1S/C54H37NO/c1-53(2)45-22-12-10-20-41(45)43-28-26-37(32-49(43)53)55(36-16-4-3-5-17-36)38-27-29-44-42-21-11-13-23-46(42)54(50(44)33-38)47-30-24-34-14-6-8-18-39(34)51(47)56-52-40-19-9-7-15-35(40)25-31-48(52)54/h3-33H,1-2H3. The lowest BCUT2D eigenvalue weighted by Gasteiger charge is -2.40. The molecular formula is C54H37NO. The van der Waals surface area contributed by atoms with Crippen LogP contribution in [0.3, 0.4) is 0 Å². The van der Waals surface area contributed by atoms with Crippen molar-refractivity contribution in [1.82, 2.24) is 0 Å². The van der Waals surface area contributed by atoms with Gasteiger partial charge in [-0.15, -0.1) is 0 Å². The van der Waals surface area contributed by atoms with Crippen LogP contribution in [0.5, 0.6) is 11.5 Å². The minimum atomic E-state index is -0.622. The summed E-state index contributed by atoms with van der Waals surface area (Å²) in [5.74, 6) is 1.86. The lowest BCUT2D eigenvalue weighted by Crippen LogP contribution is -2.32. The molecule has 0 fully saturated rings. The number of anilines is 3. The van der Waals surface area contributed by atoms with Crippen LogP contribution in [-0.4, -0.2) is 0 Å². The van der Waals surface area contributed by atoms with Gasteiger partial charge in [-0.1, -0.05) is 166 Å². The number of nitrogens with zero attached hydrogens (tertiary/aromatic N) is 1. The maximum atomic E-state index is 7.22. The van der Waals surface area contributed by atoms with Gasteiger partial charge in [-0.2, -0.15) is 0 Å². The minimum Gasteiger partial charge on any atom is -0.455 e. The van der Waals surface area contributed by atoms with Crippen LogP contribution in [0.4, 0.5) is 17.1 Å². The SMILES string of the molecule is CC1(C)c2ccccc2-c2ccc(N(c3ccccc3)c3ccc4c(c3)C3(c5ccccc5-4)c4ccc5ccccc5c4Oc4c3ccc3ccccc43)cc21. The van der Waals surface area contributed by atoms with E-state index >= 15 is 0 Å². The molecule has 0 N–H and O–H groups in total. The topological polar surface area (TPSA) is 12.5 Å². The molecule has 12 rings (SSSR count). The molecule has 9 aromatic carbocycles. The van der Waals surface area contributed by atoms with Crippen LogP contribution >= 0.6 is 0 Å². The van der Waals surface area contributed by atoms with Crippen LogP contribution in [0.2, 0.25) is 0 Å². The second-order valence-corrected chi connectivity index (χ2v) is 16.0. The quantitative estimate of drug-likeness (QED) is 0.181. The second kappa shape index (κ2) is 11.3. The Balaban J connectivity index is 1.16. The van der Waals surface area contributed by atoms with Gasteiger partial charge in [0.2, 0.25) is 0 Å². The Labute approximate surface area is 326 Å². The van der Waals surface area contributed by atoms with Crippen LogP contribution in [0.15, 0.2) is 188 Å². The molecule has 1 spiro atoms. The fourth-order valence-electron chi connectivity index (χ4n) is 10.4. The molecule has 0 amide bonds. The number of benzene rings is 9. The summed E-state index contributed by atoms with van der Waals surface area (Å²) in [7, 11) is 0. The molecule has 0 atom stereocenters. The van der Waals surface area contributed by atoms with Gasteiger partial charge in [-0.05, 0) is 91.7 Å². The van der Waals surface area contributed by atoms with Crippen molar-refractivity contribution in [2.75, 3.05) is 4.90 Å². The van der Waals surface area contributed by atoms with Gasteiger partial charge in [0, 0.05) is 44.4 Å². The van der Waals surface area contributed by atoms with Crippen molar-refractivity contribution in [3.05, 3.63) is 221 Å². The number of rotatable bonds is 3. The van der Waals surface area contributed by atoms with E-state index in [1.165, 1.54) is 66.4 Å². The molecule has 0 saturated carbocycles. The maximum absolute atomic E-state index is 7.22. The third kappa shape index (κ3) is 4.06. The van der Waals surface area contributed by atoms with E-state index in [2.05, 4.69) is 207 Å². The predicted octanol–water partition coefficient (Wildman–Crippen LogP) is 14.2. The van der Waals surface area contributed by atoms with Crippen LogP contribution in [0, 0.1) is 0 Å². The van der Waals surface area contributed by atoms with Crippen LogP contribution in [0.25, 0.3) is 43.8 Å².